The topological polar surface area (TPSA) is 60.0 Å². The molecular weight excluding hydrogens is 368 g/mol. The van der Waals surface area contributed by atoms with E-state index in [0.29, 0.717) is 17.2 Å². The molecule has 3 rings (SSSR count). The van der Waals surface area contributed by atoms with Crippen molar-refractivity contribution in [3.05, 3.63) is 59.7 Å². The number of methoxy groups -OCH3 is 3. The number of likely N-dealkylation sites (tertiary alicyclic amines) is 1. The van der Waals surface area contributed by atoms with Crippen LogP contribution in [0.5, 0.6) is 17.2 Å². The lowest BCUT2D eigenvalue weighted by molar-refractivity contribution is -0.117. The summed E-state index contributed by atoms with van der Waals surface area (Å²) < 4.78 is 16.0. The van der Waals surface area contributed by atoms with Crippen LogP contribution in [0, 0.1) is 0 Å². The summed E-state index contributed by atoms with van der Waals surface area (Å²) in [4.78, 5) is 14.7. The van der Waals surface area contributed by atoms with Crippen LogP contribution in [0.4, 0.5) is 0 Å². The Kier molecular flexibility index (Phi) is 7.14. The van der Waals surface area contributed by atoms with E-state index >= 15 is 0 Å². The molecule has 1 N–H and O–H groups in total. The van der Waals surface area contributed by atoms with E-state index in [9.17, 15) is 4.79 Å². The van der Waals surface area contributed by atoms with Crippen molar-refractivity contribution in [1.29, 1.82) is 0 Å². The first kappa shape index (κ1) is 20.7. The lowest BCUT2D eigenvalue weighted by atomic mass is 10.1. The zero-order valence-corrected chi connectivity index (χ0v) is 17.2. The summed E-state index contributed by atoms with van der Waals surface area (Å²) in [7, 11) is 4.70. The second-order valence-electron chi connectivity index (χ2n) is 7.01. The average molecular weight is 396 g/mol. The number of nitrogens with one attached hydrogen (secondary N) is 1. The average Bonchev–Trinajstić information content (AvgIpc) is 3.18. The summed E-state index contributed by atoms with van der Waals surface area (Å²) in [6.07, 6.45) is 4.24. The third-order valence-electron chi connectivity index (χ3n) is 4.98. The molecule has 1 unspecified atom stereocenters. The summed E-state index contributed by atoms with van der Waals surface area (Å²) in [6.45, 7) is 2.75. The summed E-state index contributed by atoms with van der Waals surface area (Å²) in [5.74, 6) is 1.53. The van der Waals surface area contributed by atoms with Crippen molar-refractivity contribution in [3.8, 4) is 17.2 Å². The van der Waals surface area contributed by atoms with Crippen LogP contribution in [0.15, 0.2) is 48.5 Å². The molecule has 1 aliphatic heterocycles. The number of rotatable bonds is 8. The van der Waals surface area contributed by atoms with Gasteiger partial charge in [-0.3, -0.25) is 9.69 Å². The van der Waals surface area contributed by atoms with Gasteiger partial charge < -0.3 is 19.5 Å². The first-order valence-electron chi connectivity index (χ1n) is 9.67. The molecular formula is C23H28N2O4. The summed E-state index contributed by atoms with van der Waals surface area (Å²) in [6, 6.07) is 14.2. The highest BCUT2D eigenvalue weighted by Crippen LogP contribution is 2.38. The molecule has 6 nitrogen and oxygen atoms in total. The first-order valence-corrected chi connectivity index (χ1v) is 9.67. The summed E-state index contributed by atoms with van der Waals surface area (Å²) in [5, 5.41) is 3.09. The Hall–Kier alpha value is -2.99. The van der Waals surface area contributed by atoms with E-state index in [-0.39, 0.29) is 11.9 Å². The highest BCUT2D eigenvalue weighted by Gasteiger charge is 2.23. The maximum absolute atomic E-state index is 12.4. The second kappa shape index (κ2) is 9.98. The van der Waals surface area contributed by atoms with Crippen molar-refractivity contribution in [2.24, 2.45) is 0 Å². The van der Waals surface area contributed by atoms with Gasteiger partial charge in [0.2, 0.25) is 11.7 Å². The van der Waals surface area contributed by atoms with Crippen molar-refractivity contribution < 1.29 is 19.0 Å². The lowest BCUT2D eigenvalue weighted by Crippen LogP contribution is -2.35. The minimum Gasteiger partial charge on any atom is -0.493 e. The summed E-state index contributed by atoms with van der Waals surface area (Å²) in [5.41, 5.74) is 2.09. The van der Waals surface area contributed by atoms with Gasteiger partial charge in [0, 0.05) is 31.8 Å². The number of amides is 1. The predicted octanol–water partition coefficient (Wildman–Crippen LogP) is 3.12. The maximum atomic E-state index is 12.4. The predicted molar refractivity (Wildman–Crippen MR) is 113 cm³/mol. The standard InChI is InChI=1S/C23H28N2O4/c1-27-20-13-18(14-21(28-2)23(20)29-3)9-10-22(26)24-19-11-12-25(16-19)15-17-7-5-4-6-8-17/h4-10,13-14,19H,11-12,15-16H2,1-3H3,(H,24,26). The van der Waals surface area contributed by atoms with Crippen molar-refractivity contribution in [2.45, 2.75) is 19.0 Å². The number of nitrogens with zero attached hydrogens (tertiary/aromatic N) is 1. The number of benzene rings is 2. The molecule has 1 aliphatic rings. The molecule has 2 aromatic carbocycles. The SMILES string of the molecule is COc1cc(C=CC(=O)NC2CCN(Cc3ccccc3)C2)cc(OC)c1OC. The number of hydrogen-bond acceptors (Lipinski definition) is 5. The van der Waals surface area contributed by atoms with E-state index in [4.69, 9.17) is 14.2 Å². The Bertz CT molecular complexity index is 826. The fourth-order valence-electron chi connectivity index (χ4n) is 3.55. The molecule has 0 aromatic heterocycles. The van der Waals surface area contributed by atoms with Gasteiger partial charge in [0.05, 0.1) is 21.3 Å². The number of carbonyl (C=O) groups is 1. The van der Waals surface area contributed by atoms with E-state index in [1.165, 1.54) is 5.56 Å². The van der Waals surface area contributed by atoms with Crippen molar-refractivity contribution in [2.75, 3.05) is 34.4 Å². The van der Waals surface area contributed by atoms with Crippen LogP contribution in [0.1, 0.15) is 17.5 Å². The van der Waals surface area contributed by atoms with Gasteiger partial charge in [-0.1, -0.05) is 30.3 Å². The molecule has 0 spiro atoms. The Morgan fingerprint density at radius 1 is 1.10 bits per heavy atom. The minimum atomic E-state index is -0.106. The van der Waals surface area contributed by atoms with Crippen LogP contribution in [0.2, 0.25) is 0 Å². The normalized spacial score (nSPS) is 16.7. The number of ether oxygens (including phenoxy) is 3. The van der Waals surface area contributed by atoms with E-state index in [1.807, 2.05) is 18.2 Å². The van der Waals surface area contributed by atoms with Gasteiger partial charge in [0.25, 0.3) is 0 Å². The second-order valence-corrected chi connectivity index (χ2v) is 7.01. The minimum absolute atomic E-state index is 0.106. The van der Waals surface area contributed by atoms with Gasteiger partial charge in [0.1, 0.15) is 0 Å². The smallest absolute Gasteiger partial charge is 0.244 e. The van der Waals surface area contributed by atoms with Crippen molar-refractivity contribution >= 4 is 12.0 Å². The van der Waals surface area contributed by atoms with E-state index < -0.39 is 0 Å². The van der Waals surface area contributed by atoms with E-state index in [0.717, 1.165) is 31.6 Å². The third-order valence-corrected chi connectivity index (χ3v) is 4.98. The molecule has 0 radical (unpaired) electrons. The molecule has 154 valence electrons. The lowest BCUT2D eigenvalue weighted by Gasteiger charge is -2.16. The Morgan fingerprint density at radius 2 is 1.79 bits per heavy atom. The van der Waals surface area contributed by atoms with Crippen LogP contribution >= 0.6 is 0 Å². The quantitative estimate of drug-likeness (QED) is 0.695. The van der Waals surface area contributed by atoms with Gasteiger partial charge in [-0.2, -0.15) is 0 Å². The first-order chi connectivity index (χ1) is 14.1. The van der Waals surface area contributed by atoms with Crippen molar-refractivity contribution in [3.63, 3.8) is 0 Å². The molecule has 1 atom stereocenters. The van der Waals surface area contributed by atoms with Gasteiger partial charge >= 0.3 is 0 Å². The van der Waals surface area contributed by atoms with E-state index in [1.54, 1.807) is 33.5 Å². The van der Waals surface area contributed by atoms with Crippen LogP contribution in [-0.2, 0) is 11.3 Å². The maximum Gasteiger partial charge on any atom is 0.244 e. The molecule has 2 aromatic rings. The molecule has 0 saturated carbocycles. The number of carbonyl (C=O) groups excluding carboxylic acids is 1. The molecule has 0 bridgehead atoms. The molecule has 29 heavy (non-hydrogen) atoms. The highest BCUT2D eigenvalue weighted by molar-refractivity contribution is 5.92. The Labute approximate surface area is 172 Å². The number of hydrogen-bond donors (Lipinski definition) is 1. The van der Waals surface area contributed by atoms with Gasteiger partial charge in [0.15, 0.2) is 11.5 Å². The van der Waals surface area contributed by atoms with Gasteiger partial charge in [-0.25, -0.2) is 0 Å². The van der Waals surface area contributed by atoms with Crippen LogP contribution in [0.3, 0.4) is 0 Å². The molecule has 6 heteroatoms. The largest absolute Gasteiger partial charge is 0.493 e. The van der Waals surface area contributed by atoms with Gasteiger partial charge in [-0.15, -0.1) is 0 Å². The monoisotopic (exact) mass is 396 g/mol. The van der Waals surface area contributed by atoms with E-state index in [2.05, 4.69) is 34.5 Å². The van der Waals surface area contributed by atoms with Gasteiger partial charge in [-0.05, 0) is 35.8 Å². The Balaban J connectivity index is 1.56. The van der Waals surface area contributed by atoms with Crippen LogP contribution in [0.25, 0.3) is 6.08 Å². The van der Waals surface area contributed by atoms with Crippen LogP contribution in [-0.4, -0.2) is 51.3 Å². The summed E-state index contributed by atoms with van der Waals surface area (Å²) >= 11 is 0. The molecule has 1 saturated heterocycles. The van der Waals surface area contributed by atoms with Crippen molar-refractivity contribution in [1.82, 2.24) is 10.2 Å². The Morgan fingerprint density at radius 3 is 2.41 bits per heavy atom. The molecule has 1 fully saturated rings. The molecule has 1 heterocycles. The third kappa shape index (κ3) is 5.51. The zero-order valence-electron chi connectivity index (χ0n) is 17.2. The zero-order chi connectivity index (χ0) is 20.6. The fraction of sp³-hybridized carbons (Fsp3) is 0.348. The highest BCUT2D eigenvalue weighted by atomic mass is 16.5. The fourth-order valence-corrected chi connectivity index (χ4v) is 3.55. The molecule has 1 amide bonds. The van der Waals surface area contributed by atoms with Crippen LogP contribution < -0.4 is 19.5 Å². The molecule has 0 aliphatic carbocycles.